The van der Waals surface area contributed by atoms with E-state index in [0.29, 0.717) is 17.1 Å². The second-order valence-corrected chi connectivity index (χ2v) is 4.91. The van der Waals surface area contributed by atoms with Gasteiger partial charge in [0.05, 0.1) is 5.02 Å². The van der Waals surface area contributed by atoms with Gasteiger partial charge in [0.1, 0.15) is 5.69 Å². The molecule has 102 valence electrons. The normalized spacial score (nSPS) is 12.4. The molecule has 2 N–H and O–H groups in total. The van der Waals surface area contributed by atoms with E-state index in [4.69, 9.17) is 16.7 Å². The van der Waals surface area contributed by atoms with Crippen LogP contribution in [0.1, 0.15) is 43.6 Å². The lowest BCUT2D eigenvalue weighted by atomic mass is 10.2. The van der Waals surface area contributed by atoms with Gasteiger partial charge in [0.15, 0.2) is 0 Å². The average Bonchev–Trinajstić information content (AvgIpc) is 2.68. The molecule has 1 unspecified atom stereocenters. The monoisotopic (exact) mass is 272 g/mol. The number of carbonyl (C=O) groups is 1. The smallest absolute Gasteiger partial charge is 0.268 e. The highest BCUT2D eigenvalue weighted by Gasteiger charge is 2.14. The highest BCUT2D eigenvalue weighted by Crippen LogP contribution is 2.15. The number of aliphatic hydroxyl groups is 1. The first-order valence-corrected chi connectivity index (χ1v) is 6.73. The minimum absolute atomic E-state index is 0.0494. The van der Waals surface area contributed by atoms with Crippen molar-refractivity contribution in [2.75, 3.05) is 6.61 Å². The summed E-state index contributed by atoms with van der Waals surface area (Å²) in [6.45, 7) is 4.92. The Labute approximate surface area is 113 Å². The summed E-state index contributed by atoms with van der Waals surface area (Å²) >= 11 is 5.93. The van der Waals surface area contributed by atoms with E-state index in [9.17, 15) is 4.79 Å². The highest BCUT2D eigenvalue weighted by molar-refractivity contribution is 6.31. The zero-order valence-electron chi connectivity index (χ0n) is 10.9. The third-order valence-corrected chi connectivity index (χ3v) is 2.94. The van der Waals surface area contributed by atoms with Crippen molar-refractivity contribution in [3.63, 3.8) is 0 Å². The lowest BCUT2D eigenvalue weighted by Gasteiger charge is -2.14. The van der Waals surface area contributed by atoms with E-state index in [2.05, 4.69) is 12.2 Å². The predicted molar refractivity (Wildman–Crippen MR) is 73.0 cm³/mol. The number of aromatic nitrogens is 1. The molecule has 1 atom stereocenters. The second kappa shape index (κ2) is 7.44. The molecule has 0 saturated heterocycles. The van der Waals surface area contributed by atoms with E-state index in [1.165, 1.54) is 0 Å². The molecule has 1 amide bonds. The topological polar surface area (TPSA) is 54.3 Å². The number of halogens is 1. The maximum Gasteiger partial charge on any atom is 0.268 e. The first kappa shape index (κ1) is 15.1. The second-order valence-electron chi connectivity index (χ2n) is 4.48. The van der Waals surface area contributed by atoms with Gasteiger partial charge in [-0.25, -0.2) is 0 Å². The molecule has 0 aliphatic carbocycles. The van der Waals surface area contributed by atoms with Crippen LogP contribution in [-0.2, 0) is 6.54 Å². The van der Waals surface area contributed by atoms with Gasteiger partial charge in [-0.2, -0.15) is 0 Å². The van der Waals surface area contributed by atoms with Crippen LogP contribution in [0, 0.1) is 0 Å². The number of hydrogen-bond acceptors (Lipinski definition) is 2. The molecule has 0 aliphatic heterocycles. The molecule has 1 heterocycles. The number of aryl methyl sites for hydroxylation is 1. The molecule has 1 aromatic heterocycles. The number of rotatable bonds is 7. The third-order valence-electron chi connectivity index (χ3n) is 2.73. The van der Waals surface area contributed by atoms with E-state index >= 15 is 0 Å². The molecule has 0 bridgehead atoms. The van der Waals surface area contributed by atoms with E-state index in [1.807, 2.05) is 11.5 Å². The SMILES string of the molecule is CCCn1cc(Cl)cc1C(=O)NC(C)CCCO. The van der Waals surface area contributed by atoms with E-state index in [0.717, 1.165) is 19.4 Å². The number of carbonyl (C=O) groups excluding carboxylic acids is 1. The van der Waals surface area contributed by atoms with Crippen molar-refractivity contribution >= 4 is 17.5 Å². The summed E-state index contributed by atoms with van der Waals surface area (Å²) in [5.74, 6) is -0.110. The van der Waals surface area contributed by atoms with Gasteiger partial charge in [-0.1, -0.05) is 18.5 Å². The first-order chi connectivity index (χ1) is 8.58. The Balaban J connectivity index is 2.65. The van der Waals surface area contributed by atoms with Crippen molar-refractivity contribution in [3.8, 4) is 0 Å². The van der Waals surface area contributed by atoms with E-state index in [1.54, 1.807) is 12.3 Å². The molecule has 0 aliphatic rings. The van der Waals surface area contributed by atoms with Gasteiger partial charge in [-0.15, -0.1) is 0 Å². The van der Waals surface area contributed by atoms with Crippen molar-refractivity contribution < 1.29 is 9.90 Å². The van der Waals surface area contributed by atoms with Crippen LogP contribution in [-0.4, -0.2) is 28.2 Å². The van der Waals surface area contributed by atoms with Gasteiger partial charge in [0.25, 0.3) is 5.91 Å². The quantitative estimate of drug-likeness (QED) is 0.801. The van der Waals surface area contributed by atoms with Crippen LogP contribution in [0.25, 0.3) is 0 Å². The number of hydrogen-bond donors (Lipinski definition) is 2. The van der Waals surface area contributed by atoms with Gasteiger partial charge in [0.2, 0.25) is 0 Å². The molecule has 0 radical (unpaired) electrons. The minimum atomic E-state index is -0.110. The molecule has 0 spiro atoms. The van der Waals surface area contributed by atoms with E-state index < -0.39 is 0 Å². The lowest BCUT2D eigenvalue weighted by Crippen LogP contribution is -2.34. The zero-order chi connectivity index (χ0) is 13.5. The van der Waals surface area contributed by atoms with Gasteiger partial charge in [0, 0.05) is 25.4 Å². The fraction of sp³-hybridized carbons (Fsp3) is 0.615. The molecule has 0 saturated carbocycles. The summed E-state index contributed by atoms with van der Waals surface area (Å²) < 4.78 is 1.87. The van der Waals surface area contributed by atoms with Crippen LogP contribution >= 0.6 is 11.6 Å². The molecule has 0 fully saturated rings. The number of amides is 1. The fourth-order valence-electron chi connectivity index (χ4n) is 1.86. The number of nitrogens with zero attached hydrogens (tertiary/aromatic N) is 1. The standard InChI is InChI=1S/C13H21ClN2O2/c1-3-6-16-9-11(14)8-12(16)13(18)15-10(2)5-4-7-17/h8-10,17H,3-7H2,1-2H3,(H,15,18). The fourth-order valence-corrected chi connectivity index (χ4v) is 2.08. The molecule has 1 aromatic rings. The lowest BCUT2D eigenvalue weighted by molar-refractivity contribution is 0.0927. The summed E-state index contributed by atoms with van der Waals surface area (Å²) in [4.78, 5) is 12.1. The van der Waals surface area contributed by atoms with Crippen LogP contribution in [0.4, 0.5) is 0 Å². The Kier molecular flexibility index (Phi) is 6.22. The summed E-state index contributed by atoms with van der Waals surface area (Å²) in [5, 5.41) is 12.2. The van der Waals surface area contributed by atoms with Gasteiger partial charge in [-0.3, -0.25) is 4.79 Å². The van der Waals surface area contributed by atoms with Crippen LogP contribution in [0.15, 0.2) is 12.3 Å². The summed E-state index contributed by atoms with van der Waals surface area (Å²) in [6.07, 6.45) is 4.19. The highest BCUT2D eigenvalue weighted by atomic mass is 35.5. The molecule has 1 rings (SSSR count). The number of nitrogens with one attached hydrogen (secondary N) is 1. The van der Waals surface area contributed by atoms with Crippen molar-refractivity contribution in [1.29, 1.82) is 0 Å². The summed E-state index contributed by atoms with van der Waals surface area (Å²) in [7, 11) is 0. The Bertz CT molecular complexity index is 390. The molecule has 0 aromatic carbocycles. The van der Waals surface area contributed by atoms with Crippen molar-refractivity contribution in [3.05, 3.63) is 23.0 Å². The summed E-state index contributed by atoms with van der Waals surface area (Å²) in [5.41, 5.74) is 0.595. The van der Waals surface area contributed by atoms with E-state index in [-0.39, 0.29) is 18.6 Å². The van der Waals surface area contributed by atoms with Crippen LogP contribution < -0.4 is 5.32 Å². The molecule has 4 nitrogen and oxygen atoms in total. The molecule has 5 heteroatoms. The van der Waals surface area contributed by atoms with Crippen LogP contribution in [0.5, 0.6) is 0 Å². The largest absolute Gasteiger partial charge is 0.396 e. The Hall–Kier alpha value is -1.00. The third kappa shape index (κ3) is 4.35. The van der Waals surface area contributed by atoms with Crippen molar-refractivity contribution in [2.24, 2.45) is 0 Å². The minimum Gasteiger partial charge on any atom is -0.396 e. The Morgan fingerprint density at radius 1 is 1.61 bits per heavy atom. The Morgan fingerprint density at radius 2 is 2.33 bits per heavy atom. The maximum atomic E-state index is 12.1. The van der Waals surface area contributed by atoms with Crippen LogP contribution in [0.3, 0.4) is 0 Å². The van der Waals surface area contributed by atoms with Crippen molar-refractivity contribution in [1.82, 2.24) is 9.88 Å². The summed E-state index contributed by atoms with van der Waals surface area (Å²) in [6, 6.07) is 1.74. The van der Waals surface area contributed by atoms with Gasteiger partial charge >= 0.3 is 0 Å². The Morgan fingerprint density at radius 3 is 2.94 bits per heavy atom. The van der Waals surface area contributed by atoms with Crippen molar-refractivity contribution in [2.45, 2.75) is 45.7 Å². The maximum absolute atomic E-state index is 12.1. The average molecular weight is 273 g/mol. The molecule has 18 heavy (non-hydrogen) atoms. The molecular weight excluding hydrogens is 252 g/mol. The van der Waals surface area contributed by atoms with Crippen LogP contribution in [0.2, 0.25) is 5.02 Å². The zero-order valence-corrected chi connectivity index (χ0v) is 11.7. The van der Waals surface area contributed by atoms with Gasteiger partial charge < -0.3 is 15.0 Å². The van der Waals surface area contributed by atoms with Gasteiger partial charge in [-0.05, 0) is 32.3 Å². The molecular formula is C13H21ClN2O2. The number of aliphatic hydroxyl groups excluding tert-OH is 1. The first-order valence-electron chi connectivity index (χ1n) is 6.35. The predicted octanol–water partition coefficient (Wildman–Crippen LogP) is 2.44.